The molecule has 3 aromatic rings. The van der Waals surface area contributed by atoms with Crippen molar-refractivity contribution in [1.29, 1.82) is 0 Å². The van der Waals surface area contributed by atoms with E-state index in [0.29, 0.717) is 11.9 Å². The number of hydrogen-bond donors (Lipinski definition) is 3. The number of nitrogens with zero attached hydrogens (tertiary/aromatic N) is 3. The number of benzene rings is 1. The zero-order valence-corrected chi connectivity index (χ0v) is 14.2. The van der Waals surface area contributed by atoms with Crippen molar-refractivity contribution in [3.8, 4) is 0 Å². The van der Waals surface area contributed by atoms with E-state index < -0.39 is 4.92 Å². The number of nitrogens with one attached hydrogen (secondary N) is 3. The van der Waals surface area contributed by atoms with Crippen LogP contribution in [-0.4, -0.2) is 32.0 Å². The quantitative estimate of drug-likeness (QED) is 0.477. The van der Waals surface area contributed by atoms with Crippen molar-refractivity contribution in [1.82, 2.24) is 15.0 Å². The van der Waals surface area contributed by atoms with Gasteiger partial charge < -0.3 is 15.6 Å². The van der Waals surface area contributed by atoms with Gasteiger partial charge in [-0.1, -0.05) is 12.1 Å². The molecule has 0 unspecified atom stereocenters. The van der Waals surface area contributed by atoms with Crippen molar-refractivity contribution in [3.63, 3.8) is 0 Å². The van der Waals surface area contributed by atoms with Crippen LogP contribution < -0.4 is 10.6 Å². The standard InChI is InChI=1S/C18H20N6O2/c25-24(26)16-6-3-11-19-17(16)20-12-7-9-13(10-8-12)21-18-22-14-4-1-2-5-15(14)23-18/h1-6,11-13H,7-10H2,(H,19,20)(H2,21,22,23). The predicted molar refractivity (Wildman–Crippen MR) is 100 cm³/mol. The second kappa shape index (κ2) is 6.99. The maximum Gasteiger partial charge on any atom is 0.311 e. The number of H-pyrrole nitrogens is 1. The third-order valence-electron chi connectivity index (χ3n) is 4.78. The molecule has 1 aliphatic carbocycles. The molecule has 8 nitrogen and oxygen atoms in total. The van der Waals surface area contributed by atoms with Crippen LogP contribution in [0.5, 0.6) is 0 Å². The number of aromatic amines is 1. The normalized spacial score (nSPS) is 20.0. The van der Waals surface area contributed by atoms with Crippen molar-refractivity contribution in [2.24, 2.45) is 0 Å². The van der Waals surface area contributed by atoms with E-state index in [1.807, 2.05) is 24.3 Å². The summed E-state index contributed by atoms with van der Waals surface area (Å²) >= 11 is 0. The first-order valence-electron chi connectivity index (χ1n) is 8.76. The highest BCUT2D eigenvalue weighted by atomic mass is 16.6. The van der Waals surface area contributed by atoms with Gasteiger partial charge in [-0.3, -0.25) is 10.1 Å². The third-order valence-corrected chi connectivity index (χ3v) is 4.78. The lowest BCUT2D eigenvalue weighted by atomic mass is 9.91. The van der Waals surface area contributed by atoms with Crippen LogP contribution in [0.4, 0.5) is 17.5 Å². The van der Waals surface area contributed by atoms with Crippen LogP contribution in [0.25, 0.3) is 11.0 Å². The van der Waals surface area contributed by atoms with Crippen LogP contribution in [0.1, 0.15) is 25.7 Å². The molecule has 0 radical (unpaired) electrons. The Morgan fingerprint density at radius 1 is 1.04 bits per heavy atom. The maximum absolute atomic E-state index is 11.1. The molecule has 1 fully saturated rings. The minimum Gasteiger partial charge on any atom is -0.362 e. The average Bonchev–Trinajstić information content (AvgIpc) is 3.06. The second-order valence-corrected chi connectivity index (χ2v) is 6.57. The van der Waals surface area contributed by atoms with Gasteiger partial charge in [0, 0.05) is 24.3 Å². The zero-order chi connectivity index (χ0) is 17.9. The lowest BCUT2D eigenvalue weighted by Gasteiger charge is -2.29. The van der Waals surface area contributed by atoms with Crippen LogP contribution in [0.2, 0.25) is 0 Å². The molecular weight excluding hydrogens is 332 g/mol. The highest BCUT2D eigenvalue weighted by molar-refractivity contribution is 5.77. The topological polar surface area (TPSA) is 109 Å². The van der Waals surface area contributed by atoms with E-state index in [9.17, 15) is 10.1 Å². The molecule has 26 heavy (non-hydrogen) atoms. The van der Waals surface area contributed by atoms with Gasteiger partial charge in [-0.05, 0) is 43.9 Å². The SMILES string of the molecule is O=[N+]([O-])c1cccnc1NC1CCC(Nc2nc3ccccc3[nH]2)CC1. The third kappa shape index (κ3) is 3.44. The van der Waals surface area contributed by atoms with E-state index in [1.54, 1.807) is 12.3 Å². The molecule has 134 valence electrons. The van der Waals surface area contributed by atoms with Gasteiger partial charge in [0.1, 0.15) is 0 Å². The minimum absolute atomic E-state index is 0.0232. The highest BCUT2D eigenvalue weighted by Crippen LogP contribution is 2.27. The fraction of sp³-hybridized carbons (Fsp3) is 0.333. The van der Waals surface area contributed by atoms with Crippen molar-refractivity contribution >= 4 is 28.5 Å². The van der Waals surface area contributed by atoms with E-state index in [1.165, 1.54) is 6.07 Å². The van der Waals surface area contributed by atoms with E-state index in [4.69, 9.17) is 0 Å². The summed E-state index contributed by atoms with van der Waals surface area (Å²) in [5.74, 6) is 1.15. The number of aromatic nitrogens is 3. The van der Waals surface area contributed by atoms with Crippen molar-refractivity contribution in [2.75, 3.05) is 10.6 Å². The molecule has 1 saturated carbocycles. The Labute approximate surface area is 150 Å². The van der Waals surface area contributed by atoms with Gasteiger partial charge >= 0.3 is 5.69 Å². The van der Waals surface area contributed by atoms with Crippen LogP contribution >= 0.6 is 0 Å². The fourth-order valence-corrected chi connectivity index (χ4v) is 3.45. The van der Waals surface area contributed by atoms with Gasteiger partial charge in [0.05, 0.1) is 16.0 Å². The molecule has 0 amide bonds. The summed E-state index contributed by atoms with van der Waals surface area (Å²) in [5.41, 5.74) is 2.00. The van der Waals surface area contributed by atoms with E-state index in [2.05, 4.69) is 25.6 Å². The smallest absolute Gasteiger partial charge is 0.311 e. The molecule has 0 saturated heterocycles. The Morgan fingerprint density at radius 3 is 2.50 bits per heavy atom. The molecule has 4 rings (SSSR count). The van der Waals surface area contributed by atoms with Gasteiger partial charge in [0.25, 0.3) is 0 Å². The largest absolute Gasteiger partial charge is 0.362 e. The first kappa shape index (κ1) is 16.3. The molecule has 1 aliphatic rings. The molecular formula is C18H20N6O2. The first-order valence-corrected chi connectivity index (χ1v) is 8.76. The number of para-hydroxylation sites is 2. The monoisotopic (exact) mass is 352 g/mol. The highest BCUT2D eigenvalue weighted by Gasteiger charge is 2.24. The van der Waals surface area contributed by atoms with Gasteiger partial charge in [-0.25, -0.2) is 9.97 Å². The molecule has 0 aliphatic heterocycles. The van der Waals surface area contributed by atoms with E-state index in [-0.39, 0.29) is 11.7 Å². The Balaban J connectivity index is 1.35. The Morgan fingerprint density at radius 2 is 1.77 bits per heavy atom. The first-order chi connectivity index (χ1) is 12.7. The number of fused-ring (bicyclic) bond motifs is 1. The molecule has 2 aromatic heterocycles. The zero-order valence-electron chi connectivity index (χ0n) is 14.2. The Hall–Kier alpha value is -3.16. The summed E-state index contributed by atoms with van der Waals surface area (Å²) in [6, 6.07) is 11.5. The number of pyridine rings is 1. The van der Waals surface area contributed by atoms with Gasteiger partial charge in [0.2, 0.25) is 11.8 Å². The van der Waals surface area contributed by atoms with Crippen molar-refractivity contribution in [3.05, 3.63) is 52.7 Å². The Bertz CT molecular complexity index is 884. The van der Waals surface area contributed by atoms with Crippen LogP contribution in [0.3, 0.4) is 0 Å². The summed E-state index contributed by atoms with van der Waals surface area (Å²) in [7, 11) is 0. The summed E-state index contributed by atoms with van der Waals surface area (Å²) in [6.07, 6.45) is 5.35. The number of rotatable bonds is 5. The second-order valence-electron chi connectivity index (χ2n) is 6.57. The average molecular weight is 352 g/mol. The minimum atomic E-state index is -0.399. The van der Waals surface area contributed by atoms with Gasteiger partial charge in [-0.2, -0.15) is 0 Å². The number of anilines is 2. The molecule has 0 spiro atoms. The van der Waals surface area contributed by atoms with Gasteiger partial charge in [-0.15, -0.1) is 0 Å². The molecule has 0 atom stereocenters. The fourth-order valence-electron chi connectivity index (χ4n) is 3.45. The molecule has 2 heterocycles. The van der Waals surface area contributed by atoms with Crippen LogP contribution in [-0.2, 0) is 0 Å². The van der Waals surface area contributed by atoms with Crippen LogP contribution in [0, 0.1) is 10.1 Å². The number of nitro groups is 1. The van der Waals surface area contributed by atoms with Crippen molar-refractivity contribution in [2.45, 2.75) is 37.8 Å². The molecule has 1 aromatic carbocycles. The summed E-state index contributed by atoms with van der Waals surface area (Å²) in [4.78, 5) is 22.7. The summed E-state index contributed by atoms with van der Waals surface area (Å²) in [5, 5.41) is 17.8. The van der Waals surface area contributed by atoms with Gasteiger partial charge in [0.15, 0.2) is 0 Å². The van der Waals surface area contributed by atoms with Crippen molar-refractivity contribution < 1.29 is 4.92 Å². The number of hydrogen-bond acceptors (Lipinski definition) is 6. The maximum atomic E-state index is 11.1. The van der Waals surface area contributed by atoms with E-state index >= 15 is 0 Å². The van der Waals surface area contributed by atoms with Crippen LogP contribution in [0.15, 0.2) is 42.6 Å². The molecule has 3 N–H and O–H groups in total. The summed E-state index contributed by atoms with van der Waals surface area (Å²) < 4.78 is 0. The lowest BCUT2D eigenvalue weighted by molar-refractivity contribution is -0.384. The number of imidazole rings is 1. The summed E-state index contributed by atoms with van der Waals surface area (Å²) in [6.45, 7) is 0. The van der Waals surface area contributed by atoms with E-state index in [0.717, 1.165) is 42.7 Å². The lowest BCUT2D eigenvalue weighted by Crippen LogP contribution is -2.33. The Kier molecular flexibility index (Phi) is 4.39. The molecule has 0 bridgehead atoms. The predicted octanol–water partition coefficient (Wildman–Crippen LogP) is 3.70. The molecule has 8 heteroatoms.